The number of amides is 2. The maximum Gasteiger partial charge on any atom is 0.243 e. The molecule has 0 unspecified atom stereocenters. The summed E-state index contributed by atoms with van der Waals surface area (Å²) in [6.07, 6.45) is 10.6. The minimum Gasteiger partial charge on any atom is -0.349 e. The average Bonchev–Trinajstić information content (AvgIpc) is 3.12. The molecule has 2 N–H and O–H groups in total. The van der Waals surface area contributed by atoms with Crippen LogP contribution in [0.5, 0.6) is 0 Å². The molecule has 0 bridgehead atoms. The van der Waals surface area contributed by atoms with Gasteiger partial charge in [0.05, 0.1) is 5.54 Å². The van der Waals surface area contributed by atoms with Crippen molar-refractivity contribution in [1.82, 2.24) is 10.6 Å². The summed E-state index contributed by atoms with van der Waals surface area (Å²) in [6, 6.07) is 10.6. The third-order valence-corrected chi connectivity index (χ3v) is 9.93. The van der Waals surface area contributed by atoms with Crippen LogP contribution in [0.15, 0.2) is 42.5 Å². The number of rotatable bonds is 3. The third kappa shape index (κ3) is 3.24. The third-order valence-electron chi connectivity index (χ3n) is 9.93. The molecule has 3 fully saturated rings. The van der Waals surface area contributed by atoms with E-state index in [4.69, 9.17) is 0 Å². The Morgan fingerprint density at radius 3 is 2.53 bits per heavy atom. The number of benzene rings is 1. The summed E-state index contributed by atoms with van der Waals surface area (Å²) >= 11 is 0. The van der Waals surface area contributed by atoms with E-state index in [1.54, 1.807) is 6.08 Å². The average molecular weight is 435 g/mol. The minimum atomic E-state index is -0.374. The van der Waals surface area contributed by atoms with Crippen LogP contribution in [-0.2, 0) is 15.1 Å². The Morgan fingerprint density at radius 1 is 1.03 bits per heavy atom. The Morgan fingerprint density at radius 2 is 1.78 bits per heavy atom. The molecule has 3 saturated carbocycles. The van der Waals surface area contributed by atoms with Gasteiger partial charge in [-0.3, -0.25) is 9.59 Å². The smallest absolute Gasteiger partial charge is 0.243 e. The summed E-state index contributed by atoms with van der Waals surface area (Å²) in [4.78, 5) is 25.6. The second kappa shape index (κ2) is 7.46. The van der Waals surface area contributed by atoms with Crippen molar-refractivity contribution in [2.75, 3.05) is 0 Å². The fourth-order valence-electron chi connectivity index (χ4n) is 8.09. The van der Waals surface area contributed by atoms with Crippen molar-refractivity contribution in [3.8, 4) is 0 Å². The predicted molar refractivity (Wildman–Crippen MR) is 127 cm³/mol. The Hall–Kier alpha value is -2.10. The Balaban J connectivity index is 1.36. The first kappa shape index (κ1) is 21.7. The van der Waals surface area contributed by atoms with E-state index < -0.39 is 0 Å². The Bertz CT molecular complexity index is 938. The lowest BCUT2D eigenvalue weighted by atomic mass is 9.48. The summed E-state index contributed by atoms with van der Waals surface area (Å²) in [7, 11) is 0. The van der Waals surface area contributed by atoms with E-state index in [0.29, 0.717) is 17.8 Å². The normalized spacial score (nSPS) is 40.6. The maximum absolute atomic E-state index is 13.6. The van der Waals surface area contributed by atoms with Crippen LogP contribution < -0.4 is 10.6 Å². The van der Waals surface area contributed by atoms with Crippen molar-refractivity contribution in [2.45, 2.75) is 77.8 Å². The minimum absolute atomic E-state index is 0.0494. The molecule has 4 nitrogen and oxygen atoms in total. The van der Waals surface area contributed by atoms with Crippen molar-refractivity contribution in [3.05, 3.63) is 48.0 Å². The van der Waals surface area contributed by atoms with Gasteiger partial charge in [-0.2, -0.15) is 0 Å². The molecule has 1 aliphatic heterocycles. The molecule has 3 aliphatic carbocycles. The van der Waals surface area contributed by atoms with E-state index >= 15 is 0 Å². The van der Waals surface area contributed by atoms with Crippen LogP contribution >= 0.6 is 0 Å². The molecule has 0 spiro atoms. The first-order valence-electron chi connectivity index (χ1n) is 12.5. The first-order valence-corrected chi connectivity index (χ1v) is 12.5. The molecule has 0 radical (unpaired) electrons. The lowest BCUT2D eigenvalue weighted by Crippen LogP contribution is -2.59. The van der Waals surface area contributed by atoms with E-state index in [9.17, 15) is 9.59 Å². The lowest BCUT2D eigenvalue weighted by Gasteiger charge is -2.58. The highest BCUT2D eigenvalue weighted by atomic mass is 16.2. The van der Waals surface area contributed by atoms with Gasteiger partial charge in [-0.1, -0.05) is 50.3 Å². The van der Waals surface area contributed by atoms with Crippen LogP contribution in [0.25, 0.3) is 0 Å². The van der Waals surface area contributed by atoms with Gasteiger partial charge in [0.1, 0.15) is 0 Å². The van der Waals surface area contributed by atoms with Gasteiger partial charge in [-0.25, -0.2) is 0 Å². The van der Waals surface area contributed by atoms with Gasteiger partial charge in [-0.05, 0) is 87.2 Å². The molecule has 1 heterocycles. The van der Waals surface area contributed by atoms with Crippen LogP contribution in [0.1, 0.15) is 71.8 Å². The van der Waals surface area contributed by atoms with E-state index in [2.05, 4.69) is 56.5 Å². The second-order valence-corrected chi connectivity index (χ2v) is 11.9. The van der Waals surface area contributed by atoms with E-state index in [0.717, 1.165) is 37.7 Å². The summed E-state index contributed by atoms with van der Waals surface area (Å²) in [5.74, 6) is 2.22. The molecule has 7 atom stereocenters. The fraction of sp³-hybridized carbons (Fsp3) is 0.643. The Kier molecular flexibility index (Phi) is 5.07. The molecule has 1 aromatic rings. The molecular weight excluding hydrogens is 396 g/mol. The van der Waals surface area contributed by atoms with Crippen molar-refractivity contribution in [1.29, 1.82) is 0 Å². The molecule has 0 saturated heterocycles. The molecule has 32 heavy (non-hydrogen) atoms. The molecule has 4 aliphatic rings. The van der Waals surface area contributed by atoms with Gasteiger partial charge in [0.25, 0.3) is 0 Å². The van der Waals surface area contributed by atoms with Crippen LogP contribution in [0.3, 0.4) is 0 Å². The van der Waals surface area contributed by atoms with Gasteiger partial charge in [0.15, 0.2) is 0 Å². The summed E-state index contributed by atoms with van der Waals surface area (Å²) in [6.45, 7) is 8.97. The van der Waals surface area contributed by atoms with Crippen molar-refractivity contribution in [2.24, 2.45) is 34.5 Å². The van der Waals surface area contributed by atoms with E-state index in [1.807, 2.05) is 18.2 Å². The number of hydrogen-bond acceptors (Lipinski definition) is 2. The quantitative estimate of drug-likeness (QED) is 0.707. The monoisotopic (exact) mass is 434 g/mol. The van der Waals surface area contributed by atoms with Gasteiger partial charge in [0, 0.05) is 17.4 Å². The zero-order chi connectivity index (χ0) is 22.7. The number of carbonyl (C=O) groups is 2. The topological polar surface area (TPSA) is 58.2 Å². The molecule has 0 aromatic heterocycles. The fourth-order valence-corrected chi connectivity index (χ4v) is 8.09. The van der Waals surface area contributed by atoms with Gasteiger partial charge in [0.2, 0.25) is 11.8 Å². The number of carbonyl (C=O) groups excluding carboxylic acids is 2. The van der Waals surface area contributed by atoms with Crippen LogP contribution in [0.4, 0.5) is 0 Å². The molecule has 4 heteroatoms. The van der Waals surface area contributed by atoms with Crippen molar-refractivity contribution in [3.63, 3.8) is 0 Å². The Labute approximate surface area is 192 Å². The zero-order valence-electron chi connectivity index (χ0n) is 20.0. The molecule has 5 rings (SSSR count). The van der Waals surface area contributed by atoms with Gasteiger partial charge in [-0.15, -0.1) is 0 Å². The van der Waals surface area contributed by atoms with Crippen LogP contribution in [0, 0.1) is 34.5 Å². The molecule has 172 valence electrons. The highest BCUT2D eigenvalue weighted by Crippen LogP contribution is 2.65. The summed E-state index contributed by atoms with van der Waals surface area (Å²) < 4.78 is 0. The van der Waals surface area contributed by atoms with Gasteiger partial charge >= 0.3 is 0 Å². The van der Waals surface area contributed by atoms with E-state index in [-0.39, 0.29) is 40.1 Å². The first-order chi connectivity index (χ1) is 15.1. The number of hydrogen-bond donors (Lipinski definition) is 2. The van der Waals surface area contributed by atoms with E-state index in [1.165, 1.54) is 6.42 Å². The molecule has 1 aromatic carbocycles. The van der Waals surface area contributed by atoms with Crippen molar-refractivity contribution >= 4 is 11.8 Å². The van der Waals surface area contributed by atoms with Crippen LogP contribution in [-0.4, -0.2) is 17.9 Å². The molecular formula is C28H38N2O2. The summed E-state index contributed by atoms with van der Waals surface area (Å²) in [5, 5.41) is 6.64. The second-order valence-electron chi connectivity index (χ2n) is 11.9. The largest absolute Gasteiger partial charge is 0.349 e. The zero-order valence-corrected chi connectivity index (χ0v) is 20.0. The highest BCUT2D eigenvalue weighted by Gasteiger charge is 2.61. The standard InChI is InChI=1S/C28H38N2O2/c1-26(2,18-8-6-5-7-9-18)30-25(32)22-12-11-20-19-10-13-23-28(4,17-15-24(31)29-23)21(19)14-16-27(20,22)3/h5-9,15,17,19-23H,10-14,16H2,1-4H3,(H,29,31)(H,30,32)/t19-,20-,21-,22+,23+,27-,28+/m0/s1. The van der Waals surface area contributed by atoms with Crippen molar-refractivity contribution < 1.29 is 9.59 Å². The lowest BCUT2D eigenvalue weighted by molar-refractivity contribution is -0.135. The van der Waals surface area contributed by atoms with Crippen LogP contribution in [0.2, 0.25) is 0 Å². The maximum atomic E-state index is 13.6. The predicted octanol–water partition coefficient (Wildman–Crippen LogP) is 4.95. The van der Waals surface area contributed by atoms with Gasteiger partial charge < -0.3 is 10.6 Å². The number of nitrogens with one attached hydrogen (secondary N) is 2. The molecule has 2 amide bonds. The highest BCUT2D eigenvalue weighted by molar-refractivity contribution is 5.89. The number of fused-ring (bicyclic) bond motifs is 5. The SMILES string of the molecule is CC(C)(NC(=O)[C@H]1CC[C@H]2[C@@H]3CC[C@H]4NC(=O)C=C[C@]4(C)[C@H]3CC[C@]12C)c1ccccc1. The summed E-state index contributed by atoms with van der Waals surface area (Å²) in [5.41, 5.74) is 0.895.